The molecule has 3 aromatic heterocycles. The Morgan fingerprint density at radius 2 is 1.51 bits per heavy atom. The van der Waals surface area contributed by atoms with Gasteiger partial charge >= 0.3 is 0 Å². The quantitative estimate of drug-likeness (QED) is 0.118. The van der Waals surface area contributed by atoms with Gasteiger partial charge in [-0.3, -0.25) is 0 Å². The van der Waals surface area contributed by atoms with Crippen molar-refractivity contribution in [2.75, 3.05) is 0 Å². The minimum atomic E-state index is -1.34. The molecule has 7 rings (SSSR count). The van der Waals surface area contributed by atoms with Crippen LogP contribution >= 0.6 is 11.3 Å². The molecule has 0 aliphatic heterocycles. The molecule has 0 N–H and O–H groups in total. The van der Waals surface area contributed by atoms with E-state index < -0.39 is 8.07 Å². The number of hydrogen-bond acceptors (Lipinski definition) is 3. The smallest absolute Gasteiger partial charge is 0.0799 e. The van der Waals surface area contributed by atoms with Crippen molar-refractivity contribution < 1.29 is 20.1 Å². The first-order chi connectivity index (χ1) is 23.1. The maximum atomic E-state index is 4.72. The number of fused-ring (bicyclic) bond motifs is 3. The van der Waals surface area contributed by atoms with Gasteiger partial charge in [0.05, 0.1) is 8.07 Å². The molecule has 0 aliphatic rings. The number of thiophene rings is 1. The van der Waals surface area contributed by atoms with E-state index in [0.717, 1.165) is 28.9 Å². The van der Waals surface area contributed by atoms with E-state index >= 15 is 0 Å². The van der Waals surface area contributed by atoms with Gasteiger partial charge in [0.1, 0.15) is 0 Å². The second-order valence-corrected chi connectivity index (χ2v) is 20.3. The SMILES string of the molecule is CC(C)Cc1ccnc(-c2[c-]cc(-c3ccccc3)c3c2sc2ccccc23)c1.CC(C)c1cc(-c2[c-]cccc2)ncc1[Si](C)(C)C.[Ir]. The van der Waals surface area contributed by atoms with Crippen LogP contribution in [0.25, 0.3) is 53.8 Å². The van der Waals surface area contributed by atoms with Gasteiger partial charge < -0.3 is 9.97 Å². The van der Waals surface area contributed by atoms with Crippen molar-refractivity contribution in [3.05, 3.63) is 139 Å². The first-order valence-electron chi connectivity index (χ1n) is 16.9. The number of rotatable bonds is 7. The summed E-state index contributed by atoms with van der Waals surface area (Å²) in [7, 11) is -1.34. The molecule has 0 atom stereocenters. The summed E-state index contributed by atoms with van der Waals surface area (Å²) in [6.45, 7) is 16.2. The van der Waals surface area contributed by atoms with Crippen molar-refractivity contribution in [3.8, 4) is 33.6 Å². The standard InChI is InChI=1S/C27H22NS.C17H22NSi.Ir/c1-18(2)16-19-14-15-28-24(17-19)22-13-12-21(20-8-4-3-5-9-20)26-23-10-6-7-11-25(23)29-27(22)26;1-13(2)15-11-16(14-9-7-6-8-10-14)18-12-17(15)19(3,4)5;/h3-12,14-15,17-18H,16H2,1-2H3;6-9,11-13H,1-5H3;/q2*-1;. The summed E-state index contributed by atoms with van der Waals surface area (Å²) in [5.41, 5.74) is 9.47. The minimum Gasteiger partial charge on any atom is -0.305 e. The van der Waals surface area contributed by atoms with Crippen molar-refractivity contribution in [2.45, 2.75) is 59.7 Å². The molecule has 251 valence electrons. The second kappa shape index (κ2) is 15.9. The third-order valence-corrected chi connectivity index (χ3v) is 11.8. The van der Waals surface area contributed by atoms with Gasteiger partial charge in [-0.1, -0.05) is 136 Å². The molecule has 2 nitrogen and oxygen atoms in total. The number of nitrogens with zero attached hydrogens (tertiary/aromatic N) is 2. The average molecular weight is 853 g/mol. The fourth-order valence-electron chi connectivity index (χ4n) is 6.29. The summed E-state index contributed by atoms with van der Waals surface area (Å²) < 4.78 is 2.57. The van der Waals surface area contributed by atoms with Gasteiger partial charge in [-0.15, -0.1) is 53.6 Å². The summed E-state index contributed by atoms with van der Waals surface area (Å²) in [4.78, 5) is 9.38. The topological polar surface area (TPSA) is 25.8 Å². The van der Waals surface area contributed by atoms with Crippen molar-refractivity contribution >= 4 is 44.8 Å². The van der Waals surface area contributed by atoms with Crippen LogP contribution in [0, 0.1) is 18.1 Å². The number of hydrogen-bond donors (Lipinski definition) is 0. The van der Waals surface area contributed by atoms with E-state index in [1.54, 1.807) is 0 Å². The second-order valence-electron chi connectivity index (χ2n) is 14.2. The molecule has 0 saturated heterocycles. The van der Waals surface area contributed by atoms with Gasteiger partial charge in [-0.25, -0.2) is 0 Å². The van der Waals surface area contributed by atoms with Crippen LogP contribution in [0.15, 0.2) is 116 Å². The van der Waals surface area contributed by atoms with Crippen LogP contribution in [0.2, 0.25) is 19.6 Å². The molecular weight excluding hydrogens is 809 g/mol. The zero-order chi connectivity index (χ0) is 33.8. The molecule has 0 saturated carbocycles. The Morgan fingerprint density at radius 3 is 2.20 bits per heavy atom. The molecule has 0 fully saturated rings. The van der Waals surface area contributed by atoms with Crippen LogP contribution in [-0.2, 0) is 26.5 Å². The zero-order valence-corrected chi connectivity index (χ0v) is 33.7. The largest absolute Gasteiger partial charge is 0.305 e. The first-order valence-corrected chi connectivity index (χ1v) is 21.3. The Balaban J connectivity index is 0.000000205. The number of aromatic nitrogens is 2. The van der Waals surface area contributed by atoms with Crippen molar-refractivity contribution in [1.29, 1.82) is 0 Å². The van der Waals surface area contributed by atoms with Crippen LogP contribution in [-0.4, -0.2) is 18.0 Å². The summed E-state index contributed by atoms with van der Waals surface area (Å²) in [6.07, 6.45) is 5.09. The molecule has 0 aliphatic carbocycles. The van der Waals surface area contributed by atoms with E-state index in [2.05, 4.69) is 156 Å². The Bertz CT molecular complexity index is 2150. The van der Waals surface area contributed by atoms with Crippen molar-refractivity contribution in [1.82, 2.24) is 9.97 Å². The predicted octanol–water partition coefficient (Wildman–Crippen LogP) is 12.0. The molecule has 4 aromatic carbocycles. The van der Waals surface area contributed by atoms with Crippen molar-refractivity contribution in [3.63, 3.8) is 0 Å². The molecule has 1 radical (unpaired) electrons. The summed E-state index contributed by atoms with van der Waals surface area (Å²) in [6, 6.07) is 42.9. The third kappa shape index (κ3) is 8.36. The zero-order valence-electron chi connectivity index (χ0n) is 29.5. The molecule has 0 spiro atoms. The Labute approximate surface area is 311 Å². The van der Waals surface area contributed by atoms with Gasteiger partial charge in [0.25, 0.3) is 0 Å². The van der Waals surface area contributed by atoms with E-state index in [1.807, 2.05) is 35.7 Å². The van der Waals surface area contributed by atoms with Gasteiger partial charge in [-0.2, -0.15) is 11.3 Å². The van der Waals surface area contributed by atoms with Crippen LogP contribution in [0.1, 0.15) is 44.7 Å². The van der Waals surface area contributed by atoms with E-state index in [1.165, 1.54) is 47.6 Å². The van der Waals surface area contributed by atoms with Gasteiger partial charge in [0.2, 0.25) is 0 Å². The fraction of sp³-hybridized carbons (Fsp3) is 0.227. The predicted molar refractivity (Wildman–Crippen MR) is 211 cm³/mol. The maximum Gasteiger partial charge on any atom is 0.0799 e. The first kappa shape index (κ1) is 36.5. The van der Waals surface area contributed by atoms with Crippen LogP contribution in [0.3, 0.4) is 0 Å². The summed E-state index contributed by atoms with van der Waals surface area (Å²) in [5, 5.41) is 4.09. The fourth-order valence-corrected chi connectivity index (χ4v) is 9.20. The van der Waals surface area contributed by atoms with Crippen LogP contribution < -0.4 is 5.19 Å². The summed E-state index contributed by atoms with van der Waals surface area (Å²) >= 11 is 1.84. The maximum absolute atomic E-state index is 4.72. The molecule has 3 heterocycles. The molecular formula is C44H44IrN2SSi-2. The monoisotopic (exact) mass is 853 g/mol. The molecule has 0 bridgehead atoms. The van der Waals surface area contributed by atoms with Gasteiger partial charge in [0.15, 0.2) is 0 Å². The van der Waals surface area contributed by atoms with Crippen LogP contribution in [0.4, 0.5) is 0 Å². The molecule has 7 aromatic rings. The van der Waals surface area contributed by atoms with E-state index in [-0.39, 0.29) is 20.1 Å². The molecule has 49 heavy (non-hydrogen) atoms. The van der Waals surface area contributed by atoms with E-state index in [0.29, 0.717) is 11.8 Å². The van der Waals surface area contributed by atoms with Gasteiger partial charge in [0, 0.05) is 37.2 Å². The van der Waals surface area contributed by atoms with Gasteiger partial charge in [-0.05, 0) is 57.1 Å². The Kier molecular flexibility index (Phi) is 11.8. The molecule has 0 amide bonds. The minimum absolute atomic E-state index is 0. The Hall–Kier alpha value is -3.73. The Morgan fingerprint density at radius 1 is 0.776 bits per heavy atom. The molecule has 0 unspecified atom stereocenters. The third-order valence-electron chi connectivity index (χ3n) is 8.61. The normalized spacial score (nSPS) is 11.4. The van der Waals surface area contributed by atoms with E-state index in [9.17, 15) is 0 Å². The van der Waals surface area contributed by atoms with E-state index in [4.69, 9.17) is 4.98 Å². The summed E-state index contributed by atoms with van der Waals surface area (Å²) in [5.74, 6) is 1.16. The number of pyridine rings is 2. The number of benzene rings is 4. The average Bonchev–Trinajstić information content (AvgIpc) is 3.48. The van der Waals surface area contributed by atoms with Crippen LogP contribution in [0.5, 0.6) is 0 Å². The van der Waals surface area contributed by atoms with Crippen molar-refractivity contribution in [2.24, 2.45) is 5.92 Å². The molecule has 5 heteroatoms.